The molecule has 0 fully saturated rings. The number of H-pyrrole nitrogens is 1. The Morgan fingerprint density at radius 3 is 2.62 bits per heavy atom. The average molecular weight is 286 g/mol. The molecule has 0 saturated carbocycles. The lowest BCUT2D eigenvalue weighted by molar-refractivity contribution is -0.145. The van der Waals surface area contributed by atoms with Crippen molar-refractivity contribution in [2.75, 3.05) is 0 Å². The van der Waals surface area contributed by atoms with Crippen LogP contribution in [-0.4, -0.2) is 27.5 Å². The van der Waals surface area contributed by atoms with E-state index in [0.29, 0.717) is 5.57 Å². The molecule has 0 bridgehead atoms. The molecule has 0 saturated heterocycles. The van der Waals surface area contributed by atoms with E-state index in [1.165, 1.54) is 13.8 Å². The van der Waals surface area contributed by atoms with E-state index in [1.807, 2.05) is 30.5 Å². The molecule has 0 unspecified atom stereocenters. The number of carbonyl (C=O) groups excluding carboxylic acids is 1. The normalized spacial score (nSPS) is 12.4. The molecule has 0 radical (unpaired) electrons. The minimum Gasteiger partial charge on any atom is -0.480 e. The Hall–Kier alpha value is -2.56. The third-order valence-corrected chi connectivity index (χ3v) is 3.31. The van der Waals surface area contributed by atoms with Crippen molar-refractivity contribution in [3.63, 3.8) is 0 Å². The smallest absolute Gasteiger partial charge is 0.328 e. The SMILES string of the molecule is C/C(=C\c1c[nH]c2ccccc12)C(=O)NC(C)(C)C(=O)O. The highest BCUT2D eigenvalue weighted by molar-refractivity contribution is 6.02. The van der Waals surface area contributed by atoms with E-state index in [2.05, 4.69) is 10.3 Å². The number of carboxylic acid groups (broad SMARTS) is 1. The second kappa shape index (κ2) is 5.44. The van der Waals surface area contributed by atoms with E-state index in [9.17, 15) is 9.59 Å². The van der Waals surface area contributed by atoms with E-state index < -0.39 is 17.4 Å². The highest BCUT2D eigenvalue weighted by Gasteiger charge is 2.29. The van der Waals surface area contributed by atoms with Crippen LogP contribution in [0, 0.1) is 0 Å². The number of hydrogen-bond acceptors (Lipinski definition) is 2. The van der Waals surface area contributed by atoms with Crippen LogP contribution < -0.4 is 5.32 Å². The van der Waals surface area contributed by atoms with Crippen LogP contribution in [0.2, 0.25) is 0 Å². The molecule has 1 aromatic heterocycles. The van der Waals surface area contributed by atoms with Crippen LogP contribution in [-0.2, 0) is 9.59 Å². The Balaban J connectivity index is 2.25. The molecule has 1 amide bonds. The lowest BCUT2D eigenvalue weighted by Gasteiger charge is -2.21. The minimum absolute atomic E-state index is 0.396. The van der Waals surface area contributed by atoms with E-state index in [1.54, 1.807) is 13.0 Å². The monoisotopic (exact) mass is 286 g/mol. The van der Waals surface area contributed by atoms with Gasteiger partial charge in [-0.2, -0.15) is 0 Å². The molecule has 3 N–H and O–H groups in total. The number of para-hydroxylation sites is 1. The summed E-state index contributed by atoms with van der Waals surface area (Å²) in [4.78, 5) is 26.2. The van der Waals surface area contributed by atoms with Gasteiger partial charge in [-0.1, -0.05) is 18.2 Å². The summed E-state index contributed by atoms with van der Waals surface area (Å²) >= 11 is 0. The maximum atomic E-state index is 12.1. The van der Waals surface area contributed by atoms with Crippen LogP contribution in [0.4, 0.5) is 0 Å². The Morgan fingerprint density at radius 1 is 1.29 bits per heavy atom. The topological polar surface area (TPSA) is 82.2 Å². The highest BCUT2D eigenvalue weighted by atomic mass is 16.4. The first-order chi connectivity index (χ1) is 9.81. The average Bonchev–Trinajstić information content (AvgIpc) is 2.81. The van der Waals surface area contributed by atoms with Crippen molar-refractivity contribution in [3.8, 4) is 0 Å². The van der Waals surface area contributed by atoms with E-state index >= 15 is 0 Å². The third kappa shape index (κ3) is 3.13. The first kappa shape index (κ1) is 14.8. The van der Waals surface area contributed by atoms with Gasteiger partial charge < -0.3 is 15.4 Å². The predicted molar refractivity (Wildman–Crippen MR) is 81.8 cm³/mol. The van der Waals surface area contributed by atoms with Crippen molar-refractivity contribution in [1.82, 2.24) is 10.3 Å². The van der Waals surface area contributed by atoms with E-state index in [0.717, 1.165) is 16.5 Å². The number of nitrogens with one attached hydrogen (secondary N) is 2. The molecule has 1 heterocycles. The molecular weight excluding hydrogens is 268 g/mol. The number of fused-ring (bicyclic) bond motifs is 1. The predicted octanol–water partition coefficient (Wildman–Crippen LogP) is 2.55. The number of aliphatic carboxylic acids is 1. The zero-order valence-corrected chi connectivity index (χ0v) is 12.2. The molecule has 0 atom stereocenters. The van der Waals surface area contributed by atoms with Gasteiger partial charge in [0.2, 0.25) is 5.91 Å². The largest absolute Gasteiger partial charge is 0.480 e. The summed E-state index contributed by atoms with van der Waals surface area (Å²) in [6.07, 6.45) is 3.57. The maximum Gasteiger partial charge on any atom is 0.328 e. The molecule has 0 spiro atoms. The van der Waals surface area contributed by atoms with Crippen molar-refractivity contribution in [2.24, 2.45) is 0 Å². The van der Waals surface area contributed by atoms with Crippen molar-refractivity contribution in [2.45, 2.75) is 26.3 Å². The third-order valence-electron chi connectivity index (χ3n) is 3.31. The molecule has 5 nitrogen and oxygen atoms in total. The second-order valence-electron chi connectivity index (χ2n) is 5.50. The van der Waals surface area contributed by atoms with Crippen LogP contribution >= 0.6 is 0 Å². The van der Waals surface area contributed by atoms with E-state index in [-0.39, 0.29) is 0 Å². The fraction of sp³-hybridized carbons (Fsp3) is 0.250. The van der Waals surface area contributed by atoms with Crippen molar-refractivity contribution in [3.05, 3.63) is 41.6 Å². The molecular formula is C16H18N2O3. The van der Waals surface area contributed by atoms with Gasteiger partial charge in [-0.15, -0.1) is 0 Å². The number of carboxylic acids is 1. The van der Waals surface area contributed by atoms with Crippen LogP contribution in [0.25, 0.3) is 17.0 Å². The van der Waals surface area contributed by atoms with E-state index in [4.69, 9.17) is 5.11 Å². The number of rotatable bonds is 4. The highest BCUT2D eigenvalue weighted by Crippen LogP contribution is 2.20. The second-order valence-corrected chi connectivity index (χ2v) is 5.50. The summed E-state index contributed by atoms with van der Waals surface area (Å²) in [5, 5.41) is 12.5. The Morgan fingerprint density at radius 2 is 1.95 bits per heavy atom. The fourth-order valence-corrected chi connectivity index (χ4v) is 1.95. The molecule has 110 valence electrons. The Labute approximate surface area is 122 Å². The van der Waals surface area contributed by atoms with Gasteiger partial charge in [0, 0.05) is 28.2 Å². The van der Waals surface area contributed by atoms with Gasteiger partial charge in [-0.3, -0.25) is 4.79 Å². The van der Waals surface area contributed by atoms with Gasteiger partial charge >= 0.3 is 5.97 Å². The molecule has 2 aromatic rings. The zero-order chi connectivity index (χ0) is 15.6. The molecule has 2 rings (SSSR count). The molecule has 21 heavy (non-hydrogen) atoms. The van der Waals surface area contributed by atoms with Crippen molar-refractivity contribution < 1.29 is 14.7 Å². The lowest BCUT2D eigenvalue weighted by atomic mass is 10.0. The molecule has 0 aliphatic rings. The summed E-state index contributed by atoms with van der Waals surface area (Å²) < 4.78 is 0. The lowest BCUT2D eigenvalue weighted by Crippen LogP contribution is -2.49. The fourth-order valence-electron chi connectivity index (χ4n) is 1.95. The number of aromatic amines is 1. The molecule has 0 aliphatic heterocycles. The standard InChI is InChI=1S/C16H18N2O3/c1-10(14(19)18-16(2,3)15(20)21)8-11-9-17-13-7-5-4-6-12(11)13/h4-9,17H,1-3H3,(H,18,19)(H,20,21)/b10-8+. The minimum atomic E-state index is -1.30. The van der Waals surface area contributed by atoms with Gasteiger partial charge in [-0.25, -0.2) is 4.79 Å². The summed E-state index contributed by atoms with van der Waals surface area (Å²) in [6, 6.07) is 7.78. The molecule has 0 aliphatic carbocycles. The van der Waals surface area contributed by atoms with Crippen LogP contribution in [0.15, 0.2) is 36.0 Å². The number of benzene rings is 1. The van der Waals surface area contributed by atoms with Gasteiger partial charge in [0.15, 0.2) is 0 Å². The number of aromatic nitrogens is 1. The van der Waals surface area contributed by atoms with Crippen LogP contribution in [0.3, 0.4) is 0 Å². The summed E-state index contributed by atoms with van der Waals surface area (Å²) in [6.45, 7) is 4.56. The Bertz CT molecular complexity index is 726. The molecule has 5 heteroatoms. The zero-order valence-electron chi connectivity index (χ0n) is 12.2. The number of amides is 1. The van der Waals surface area contributed by atoms with Crippen LogP contribution in [0.1, 0.15) is 26.3 Å². The van der Waals surface area contributed by atoms with Crippen LogP contribution in [0.5, 0.6) is 0 Å². The van der Waals surface area contributed by atoms with Gasteiger partial charge in [0.05, 0.1) is 0 Å². The Kier molecular flexibility index (Phi) is 3.84. The maximum absolute atomic E-state index is 12.1. The van der Waals surface area contributed by atoms with Crippen molar-refractivity contribution in [1.29, 1.82) is 0 Å². The number of carbonyl (C=O) groups is 2. The number of hydrogen-bond donors (Lipinski definition) is 3. The van der Waals surface area contributed by atoms with Gasteiger partial charge in [-0.05, 0) is 32.9 Å². The first-order valence-corrected chi connectivity index (χ1v) is 6.61. The molecule has 1 aromatic carbocycles. The summed E-state index contributed by atoms with van der Waals surface area (Å²) in [5.74, 6) is -1.47. The quantitative estimate of drug-likeness (QED) is 0.755. The van der Waals surface area contributed by atoms with Crippen molar-refractivity contribution >= 4 is 28.9 Å². The van der Waals surface area contributed by atoms with Gasteiger partial charge in [0.25, 0.3) is 0 Å². The summed E-state index contributed by atoms with van der Waals surface area (Å²) in [7, 11) is 0. The summed E-state index contributed by atoms with van der Waals surface area (Å²) in [5.41, 5.74) is 1.04. The van der Waals surface area contributed by atoms with Gasteiger partial charge in [0.1, 0.15) is 5.54 Å². The first-order valence-electron chi connectivity index (χ1n) is 6.61.